The summed E-state index contributed by atoms with van der Waals surface area (Å²) in [6.45, 7) is 0. The summed E-state index contributed by atoms with van der Waals surface area (Å²) in [5.74, 6) is 1.57. The van der Waals surface area contributed by atoms with E-state index >= 15 is 8.78 Å². The summed E-state index contributed by atoms with van der Waals surface area (Å²) in [5, 5.41) is 15.2. The van der Waals surface area contributed by atoms with E-state index in [1.807, 2.05) is 199 Å². The maximum Gasteiger partial charge on any atom is 0.164 e. The number of nitriles is 1. The zero-order valence-electron chi connectivity index (χ0n) is 41.3. The molecule has 0 aliphatic heterocycles. The molecular weight excluding hydrogens is 969 g/mol. The summed E-state index contributed by atoms with van der Waals surface area (Å²) in [6.07, 6.45) is 0. The predicted molar refractivity (Wildman–Crippen MR) is 305 cm³/mol. The van der Waals surface area contributed by atoms with Gasteiger partial charge >= 0.3 is 0 Å². The third-order valence-electron chi connectivity index (χ3n) is 14.2. The first kappa shape index (κ1) is 45.8. The lowest BCUT2D eigenvalue weighted by Gasteiger charge is -2.20. The largest absolute Gasteiger partial charge is 0.308 e. The van der Waals surface area contributed by atoms with Crippen molar-refractivity contribution in [1.82, 2.24) is 39.0 Å². The van der Waals surface area contributed by atoms with Gasteiger partial charge in [-0.15, -0.1) is 0 Å². The van der Waals surface area contributed by atoms with E-state index in [0.29, 0.717) is 51.8 Å². The summed E-state index contributed by atoms with van der Waals surface area (Å²) >= 11 is 0. The molecule has 0 amide bonds. The average molecular weight is 1010 g/mol. The highest BCUT2D eigenvalue weighted by atomic mass is 19.1. The first-order valence-corrected chi connectivity index (χ1v) is 25.3. The maximum absolute atomic E-state index is 16.4. The molecule has 10 aromatic carbocycles. The van der Waals surface area contributed by atoms with Gasteiger partial charge in [0, 0.05) is 60.5 Å². The van der Waals surface area contributed by atoms with Crippen molar-refractivity contribution in [3.8, 4) is 96.9 Å². The molecule has 4 heterocycles. The highest BCUT2D eigenvalue weighted by molar-refractivity contribution is 6.13. The minimum absolute atomic E-state index is 0.198. The second-order valence-corrected chi connectivity index (χ2v) is 18.8. The molecule has 9 nitrogen and oxygen atoms in total. The smallest absolute Gasteiger partial charge is 0.164 e. The number of aromatic nitrogens is 8. The molecule has 0 unspecified atom stereocenters. The Morgan fingerprint density at radius 1 is 0.321 bits per heavy atom. The molecule has 0 spiro atoms. The highest BCUT2D eigenvalue weighted by Gasteiger charge is 2.27. The Kier molecular flexibility index (Phi) is 11.0. The van der Waals surface area contributed by atoms with Crippen LogP contribution in [0.2, 0.25) is 0 Å². The summed E-state index contributed by atoms with van der Waals surface area (Å²) in [6, 6.07) is 77.0. The average Bonchev–Trinajstić information content (AvgIpc) is 4.19. The van der Waals surface area contributed by atoms with Crippen LogP contribution in [-0.2, 0) is 0 Å². The Bertz CT molecular complexity index is 4570. The Morgan fingerprint density at radius 3 is 1.10 bits per heavy atom. The number of rotatable bonds is 9. The second-order valence-electron chi connectivity index (χ2n) is 18.8. The molecule has 0 aliphatic carbocycles. The van der Waals surface area contributed by atoms with Crippen molar-refractivity contribution in [3.63, 3.8) is 0 Å². The van der Waals surface area contributed by atoms with Crippen molar-refractivity contribution in [2.45, 2.75) is 0 Å². The first-order valence-electron chi connectivity index (χ1n) is 25.3. The number of nitrogens with zero attached hydrogens (tertiary/aromatic N) is 9. The second kappa shape index (κ2) is 18.8. The Balaban J connectivity index is 0.995. The van der Waals surface area contributed by atoms with Gasteiger partial charge in [0.05, 0.1) is 39.0 Å². The quantitative estimate of drug-likeness (QED) is 0.142. The molecule has 78 heavy (non-hydrogen) atoms. The molecule has 4 aromatic heterocycles. The van der Waals surface area contributed by atoms with E-state index in [9.17, 15) is 5.26 Å². The van der Waals surface area contributed by atoms with Crippen molar-refractivity contribution < 1.29 is 8.78 Å². The van der Waals surface area contributed by atoms with Crippen molar-refractivity contribution in [3.05, 3.63) is 254 Å². The van der Waals surface area contributed by atoms with Crippen LogP contribution in [0.4, 0.5) is 8.78 Å². The molecule has 14 aromatic rings. The molecule has 14 rings (SSSR count). The number of para-hydroxylation sites is 2. The molecule has 0 bridgehead atoms. The van der Waals surface area contributed by atoms with Gasteiger partial charge in [-0.25, -0.2) is 38.7 Å². The fourth-order valence-electron chi connectivity index (χ4n) is 10.7. The van der Waals surface area contributed by atoms with E-state index in [4.69, 9.17) is 29.9 Å². The van der Waals surface area contributed by atoms with Crippen LogP contribution < -0.4 is 0 Å². The molecule has 0 aliphatic rings. The summed E-state index contributed by atoms with van der Waals surface area (Å²) in [7, 11) is 0. The van der Waals surface area contributed by atoms with Crippen molar-refractivity contribution in [2.75, 3.05) is 0 Å². The Hall–Kier alpha value is -10.8. The van der Waals surface area contributed by atoms with E-state index in [1.54, 1.807) is 12.1 Å². The van der Waals surface area contributed by atoms with E-state index in [1.165, 1.54) is 18.2 Å². The number of fused-ring (bicyclic) bond motifs is 6. The summed E-state index contributed by atoms with van der Waals surface area (Å²) in [5.41, 5.74) is 8.89. The Morgan fingerprint density at radius 2 is 0.679 bits per heavy atom. The van der Waals surface area contributed by atoms with Gasteiger partial charge in [0.2, 0.25) is 0 Å². The number of benzene rings is 10. The third kappa shape index (κ3) is 7.74. The SMILES string of the molecule is N#Cc1c(-n2c3ccccc3c3cc(-c4nc(-c5ccccc5)nc(-c5ccccc5)n4)ccc32)ccc(-c2c(F)cccc2F)c1-n1c2ccccc2c2cc(-c3nc(-c4ccccc4)nc(-c4ccccc4)n3)ccc21. The number of halogens is 2. The van der Waals surface area contributed by atoms with Gasteiger partial charge in [-0.1, -0.05) is 164 Å². The normalized spacial score (nSPS) is 11.4. The van der Waals surface area contributed by atoms with Gasteiger partial charge in [0.1, 0.15) is 23.3 Å². The molecule has 0 N–H and O–H groups in total. The zero-order chi connectivity index (χ0) is 52.3. The van der Waals surface area contributed by atoms with E-state index in [0.717, 1.165) is 71.5 Å². The van der Waals surface area contributed by atoms with Crippen LogP contribution in [-0.4, -0.2) is 39.0 Å². The molecule has 0 radical (unpaired) electrons. The van der Waals surface area contributed by atoms with Gasteiger partial charge in [-0.05, 0) is 72.8 Å². The third-order valence-corrected chi connectivity index (χ3v) is 14.2. The standard InChI is InChI=1S/C67H39F2N9/c68-53-28-17-29-54(69)60(53)49-34-37-59(77-55-30-15-13-26-47(55)50-38-45(32-35-57(50)77)66-73-62(41-18-5-1-6-19-41)71-63(74-66)42-20-7-2-8-21-42)52(40-70)61(49)78-56-31-16-14-27-48(56)51-39-46(33-36-58(51)78)67-75-64(43-22-9-3-10-23-43)72-65(76-67)44-24-11-4-12-25-44/h1-39H. The molecule has 0 fully saturated rings. The van der Waals surface area contributed by atoms with Crippen LogP contribution in [0.3, 0.4) is 0 Å². The van der Waals surface area contributed by atoms with Crippen LogP contribution in [0.15, 0.2) is 237 Å². The summed E-state index contributed by atoms with van der Waals surface area (Å²) in [4.78, 5) is 29.9. The van der Waals surface area contributed by atoms with Crippen LogP contribution in [0, 0.1) is 23.0 Å². The van der Waals surface area contributed by atoms with Crippen LogP contribution in [0.5, 0.6) is 0 Å². The van der Waals surface area contributed by atoms with Gasteiger partial charge in [0.25, 0.3) is 0 Å². The number of hydrogen-bond donors (Lipinski definition) is 0. The fraction of sp³-hybridized carbons (Fsp3) is 0. The predicted octanol–water partition coefficient (Wildman–Crippen LogP) is 16.1. The van der Waals surface area contributed by atoms with Gasteiger partial charge in [0.15, 0.2) is 34.9 Å². The van der Waals surface area contributed by atoms with Gasteiger partial charge in [-0.3, -0.25) is 0 Å². The molecule has 0 atom stereocenters. The van der Waals surface area contributed by atoms with E-state index < -0.39 is 11.6 Å². The molecular formula is C67H39F2N9. The Labute approximate surface area is 445 Å². The summed E-state index contributed by atoms with van der Waals surface area (Å²) < 4.78 is 36.8. The van der Waals surface area contributed by atoms with Gasteiger partial charge < -0.3 is 9.13 Å². The minimum atomic E-state index is -0.761. The van der Waals surface area contributed by atoms with Crippen LogP contribution in [0.25, 0.3) is 134 Å². The molecule has 366 valence electrons. The minimum Gasteiger partial charge on any atom is -0.308 e. The topological polar surface area (TPSA) is 111 Å². The first-order chi connectivity index (χ1) is 38.5. The van der Waals surface area contributed by atoms with E-state index in [2.05, 4.69) is 22.8 Å². The van der Waals surface area contributed by atoms with Crippen LogP contribution >= 0.6 is 0 Å². The van der Waals surface area contributed by atoms with Crippen LogP contribution in [0.1, 0.15) is 5.56 Å². The van der Waals surface area contributed by atoms with E-state index in [-0.39, 0.29) is 16.7 Å². The maximum atomic E-state index is 16.4. The fourth-order valence-corrected chi connectivity index (χ4v) is 10.7. The van der Waals surface area contributed by atoms with Gasteiger partial charge in [-0.2, -0.15) is 5.26 Å². The lowest BCUT2D eigenvalue weighted by Crippen LogP contribution is -2.07. The molecule has 0 saturated carbocycles. The highest BCUT2D eigenvalue weighted by Crippen LogP contribution is 2.44. The van der Waals surface area contributed by atoms with Crippen molar-refractivity contribution in [2.24, 2.45) is 0 Å². The lowest BCUT2D eigenvalue weighted by atomic mass is 9.97. The van der Waals surface area contributed by atoms with Crippen molar-refractivity contribution >= 4 is 43.6 Å². The molecule has 11 heteroatoms. The molecule has 0 saturated heterocycles. The number of hydrogen-bond acceptors (Lipinski definition) is 7. The zero-order valence-corrected chi connectivity index (χ0v) is 41.3. The monoisotopic (exact) mass is 1010 g/mol. The van der Waals surface area contributed by atoms with Crippen molar-refractivity contribution in [1.29, 1.82) is 5.26 Å². The lowest BCUT2D eigenvalue weighted by molar-refractivity contribution is 0.589.